The summed E-state index contributed by atoms with van der Waals surface area (Å²) in [7, 11) is 3.38. The third-order valence-corrected chi connectivity index (χ3v) is 5.10. The molecule has 3 rings (SSSR count). The van der Waals surface area contributed by atoms with E-state index in [0.29, 0.717) is 33.7 Å². The molecule has 3 aromatic rings. The van der Waals surface area contributed by atoms with Gasteiger partial charge in [-0.1, -0.05) is 0 Å². The number of aryl methyl sites for hydroxylation is 2. The lowest BCUT2D eigenvalue weighted by atomic mass is 10.0. The number of halogens is 3. The second kappa shape index (κ2) is 7.30. The van der Waals surface area contributed by atoms with Crippen LogP contribution < -0.4 is 5.32 Å². The zero-order valence-electron chi connectivity index (χ0n) is 17.7. The lowest BCUT2D eigenvalue weighted by molar-refractivity contribution is -0.138. The van der Waals surface area contributed by atoms with Crippen molar-refractivity contribution in [3.8, 4) is 0 Å². The Morgan fingerprint density at radius 2 is 1.70 bits per heavy atom. The molecule has 1 aromatic carbocycles. The number of fused-ring (bicyclic) bond motifs is 1. The highest BCUT2D eigenvalue weighted by Crippen LogP contribution is 2.35. The summed E-state index contributed by atoms with van der Waals surface area (Å²) in [5, 5.41) is 3.13. The molecule has 0 aliphatic carbocycles. The third-order valence-electron chi connectivity index (χ3n) is 5.10. The van der Waals surface area contributed by atoms with E-state index in [1.54, 1.807) is 64.9 Å². The lowest BCUT2D eigenvalue weighted by Crippen LogP contribution is -2.43. The molecule has 0 saturated heterocycles. The predicted octanol–water partition coefficient (Wildman–Crippen LogP) is 4.63. The second-order valence-corrected chi connectivity index (χ2v) is 8.01. The van der Waals surface area contributed by atoms with Crippen molar-refractivity contribution < 1.29 is 18.0 Å². The monoisotopic (exact) mass is 419 g/mol. The third kappa shape index (κ3) is 3.71. The van der Waals surface area contributed by atoms with Gasteiger partial charge in [-0.2, -0.15) is 13.2 Å². The number of amides is 1. The Balaban J connectivity index is 2.06. The van der Waals surface area contributed by atoms with Gasteiger partial charge in [0.25, 0.3) is 0 Å². The van der Waals surface area contributed by atoms with Crippen LogP contribution in [0.5, 0.6) is 0 Å². The molecule has 2 heterocycles. The highest BCUT2D eigenvalue weighted by Gasteiger charge is 2.33. The molecule has 0 bridgehead atoms. The van der Waals surface area contributed by atoms with Crippen LogP contribution >= 0.6 is 0 Å². The van der Waals surface area contributed by atoms with Gasteiger partial charge in [-0.05, 0) is 57.0 Å². The first-order valence-electron chi connectivity index (χ1n) is 9.33. The minimum atomic E-state index is -4.41. The Hall–Kier alpha value is -3.10. The highest BCUT2D eigenvalue weighted by molar-refractivity contribution is 5.91. The summed E-state index contributed by atoms with van der Waals surface area (Å²) >= 11 is 0. The highest BCUT2D eigenvalue weighted by atomic mass is 19.4. The van der Waals surface area contributed by atoms with E-state index in [-0.39, 0.29) is 5.91 Å². The molecule has 1 N–H and O–H groups in total. The van der Waals surface area contributed by atoms with Gasteiger partial charge in [0.2, 0.25) is 5.91 Å². The van der Waals surface area contributed by atoms with E-state index in [1.807, 2.05) is 0 Å². The first kappa shape index (κ1) is 21.6. The molecule has 0 atom stereocenters. The molecule has 2 aromatic heterocycles. The van der Waals surface area contributed by atoms with Crippen molar-refractivity contribution in [2.24, 2.45) is 0 Å². The van der Waals surface area contributed by atoms with Crippen LogP contribution in [0.1, 0.15) is 30.5 Å². The zero-order valence-corrected chi connectivity index (χ0v) is 17.7. The van der Waals surface area contributed by atoms with Crippen molar-refractivity contribution in [2.45, 2.75) is 39.4 Å². The van der Waals surface area contributed by atoms with Gasteiger partial charge in [0.15, 0.2) is 5.82 Å². The Morgan fingerprint density at radius 3 is 2.23 bits per heavy atom. The Kier molecular flexibility index (Phi) is 5.26. The maximum atomic E-state index is 13.1. The van der Waals surface area contributed by atoms with Gasteiger partial charge in [-0.25, -0.2) is 9.97 Å². The Labute approximate surface area is 172 Å². The standard InChI is InChI=1S/C21H24F3N5O/c1-12-9-14(21(22,23)24)10-13(2)16(12)27-18-17-15(7-8-25-18)29(11-26-17)20(3,4)19(30)28(5)6/h7-11H,1-6H3,(H,25,27). The number of hydrogen-bond acceptors (Lipinski definition) is 4. The lowest BCUT2D eigenvalue weighted by Gasteiger charge is -2.29. The summed E-state index contributed by atoms with van der Waals surface area (Å²) in [4.78, 5) is 22.9. The fourth-order valence-electron chi connectivity index (χ4n) is 3.57. The van der Waals surface area contributed by atoms with Gasteiger partial charge in [0.1, 0.15) is 11.1 Å². The smallest absolute Gasteiger partial charge is 0.347 e. The first-order chi connectivity index (χ1) is 13.8. The van der Waals surface area contributed by atoms with Gasteiger partial charge in [0.05, 0.1) is 17.4 Å². The van der Waals surface area contributed by atoms with Crippen LogP contribution in [0.2, 0.25) is 0 Å². The van der Waals surface area contributed by atoms with Gasteiger partial charge in [0, 0.05) is 26.0 Å². The largest absolute Gasteiger partial charge is 0.416 e. The molecule has 160 valence electrons. The van der Waals surface area contributed by atoms with Crippen molar-refractivity contribution in [2.75, 3.05) is 19.4 Å². The van der Waals surface area contributed by atoms with Crippen LogP contribution in [-0.4, -0.2) is 39.4 Å². The maximum absolute atomic E-state index is 13.1. The molecule has 0 fully saturated rings. The minimum Gasteiger partial charge on any atom is -0.347 e. The predicted molar refractivity (Wildman–Crippen MR) is 110 cm³/mol. The molecule has 9 heteroatoms. The SMILES string of the molecule is Cc1cc(C(F)(F)F)cc(C)c1Nc1nccc2c1ncn2C(C)(C)C(=O)N(C)C. The van der Waals surface area contributed by atoms with E-state index in [2.05, 4.69) is 15.3 Å². The van der Waals surface area contributed by atoms with Crippen molar-refractivity contribution in [3.63, 3.8) is 0 Å². The summed E-state index contributed by atoms with van der Waals surface area (Å²) in [6.45, 7) is 6.83. The molecule has 0 spiro atoms. The summed E-state index contributed by atoms with van der Waals surface area (Å²) in [6.07, 6.45) is -1.26. The van der Waals surface area contributed by atoms with Crippen LogP contribution in [0, 0.1) is 13.8 Å². The summed E-state index contributed by atoms with van der Waals surface area (Å²) < 4.78 is 41.0. The van der Waals surface area contributed by atoms with Gasteiger partial charge in [-0.3, -0.25) is 4.79 Å². The van der Waals surface area contributed by atoms with Crippen LogP contribution in [-0.2, 0) is 16.5 Å². The van der Waals surface area contributed by atoms with Crippen molar-refractivity contribution in [1.29, 1.82) is 0 Å². The number of likely N-dealkylation sites (N-methyl/N-ethyl adjacent to an activating group) is 1. The molecule has 6 nitrogen and oxygen atoms in total. The number of anilines is 2. The van der Waals surface area contributed by atoms with E-state index in [4.69, 9.17) is 0 Å². The number of pyridine rings is 1. The number of carbonyl (C=O) groups is 1. The maximum Gasteiger partial charge on any atom is 0.416 e. The number of aromatic nitrogens is 3. The zero-order chi connectivity index (χ0) is 22.4. The quantitative estimate of drug-likeness (QED) is 0.670. The van der Waals surface area contributed by atoms with Crippen LogP contribution in [0.25, 0.3) is 11.0 Å². The molecule has 0 aliphatic heterocycles. The van der Waals surface area contributed by atoms with E-state index in [0.717, 1.165) is 12.1 Å². The van der Waals surface area contributed by atoms with Gasteiger partial charge in [-0.15, -0.1) is 0 Å². The van der Waals surface area contributed by atoms with Crippen molar-refractivity contribution >= 4 is 28.4 Å². The molecular weight excluding hydrogens is 395 g/mol. The number of benzene rings is 1. The number of nitrogens with one attached hydrogen (secondary N) is 1. The molecule has 0 saturated carbocycles. The summed E-state index contributed by atoms with van der Waals surface area (Å²) in [6, 6.07) is 3.96. The number of hydrogen-bond donors (Lipinski definition) is 1. The van der Waals surface area contributed by atoms with Gasteiger partial charge < -0.3 is 14.8 Å². The molecule has 0 radical (unpaired) electrons. The fraction of sp³-hybridized carbons (Fsp3) is 0.381. The number of alkyl halides is 3. The number of nitrogens with zero attached hydrogens (tertiary/aromatic N) is 4. The van der Waals surface area contributed by atoms with E-state index in [9.17, 15) is 18.0 Å². The topological polar surface area (TPSA) is 63.1 Å². The van der Waals surface area contributed by atoms with Crippen molar-refractivity contribution in [3.05, 3.63) is 47.4 Å². The molecule has 30 heavy (non-hydrogen) atoms. The van der Waals surface area contributed by atoms with Gasteiger partial charge >= 0.3 is 6.18 Å². The summed E-state index contributed by atoms with van der Waals surface area (Å²) in [5.74, 6) is 0.313. The minimum absolute atomic E-state index is 0.0949. The van der Waals surface area contributed by atoms with Crippen LogP contribution in [0.15, 0.2) is 30.7 Å². The van der Waals surface area contributed by atoms with Crippen LogP contribution in [0.3, 0.4) is 0 Å². The van der Waals surface area contributed by atoms with Crippen LogP contribution in [0.4, 0.5) is 24.7 Å². The molecule has 1 amide bonds. The van der Waals surface area contributed by atoms with E-state index >= 15 is 0 Å². The normalized spacial score (nSPS) is 12.3. The number of carbonyl (C=O) groups excluding carboxylic acids is 1. The molecule has 0 aliphatic rings. The second-order valence-electron chi connectivity index (χ2n) is 8.01. The molecular formula is C21H24F3N5O. The Bertz CT molecular complexity index is 1090. The number of imidazole rings is 1. The first-order valence-corrected chi connectivity index (χ1v) is 9.33. The average Bonchev–Trinajstić information content (AvgIpc) is 3.08. The van der Waals surface area contributed by atoms with E-state index < -0.39 is 17.3 Å². The number of rotatable bonds is 4. The average molecular weight is 419 g/mol. The molecule has 0 unspecified atom stereocenters. The van der Waals surface area contributed by atoms with Crippen molar-refractivity contribution in [1.82, 2.24) is 19.4 Å². The Morgan fingerprint density at radius 1 is 1.10 bits per heavy atom. The summed E-state index contributed by atoms with van der Waals surface area (Å²) in [5.41, 5.74) is 1.08. The fourth-order valence-corrected chi connectivity index (χ4v) is 3.57. The van der Waals surface area contributed by atoms with E-state index in [1.165, 1.54) is 4.90 Å².